The van der Waals surface area contributed by atoms with Crippen LogP contribution in [0.1, 0.15) is 45.4 Å². The first-order valence-corrected chi connectivity index (χ1v) is 6.77. The highest BCUT2D eigenvalue weighted by Gasteiger charge is 2.23. The quantitative estimate of drug-likeness (QED) is 0.766. The molecule has 0 aromatic heterocycles. The summed E-state index contributed by atoms with van der Waals surface area (Å²) in [5.74, 6) is 1.83. The molecule has 2 aliphatic rings. The van der Waals surface area contributed by atoms with Gasteiger partial charge < -0.3 is 10.6 Å². The average molecular weight is 224 g/mol. The maximum atomic E-state index is 11.8. The zero-order chi connectivity index (χ0) is 11.4. The highest BCUT2D eigenvalue weighted by molar-refractivity contribution is 5.81. The van der Waals surface area contributed by atoms with E-state index in [1.807, 2.05) is 0 Å². The van der Waals surface area contributed by atoms with Crippen LogP contribution < -0.4 is 10.6 Å². The predicted molar refractivity (Wildman–Crippen MR) is 65.2 cm³/mol. The van der Waals surface area contributed by atoms with E-state index in [1.165, 1.54) is 25.7 Å². The maximum absolute atomic E-state index is 11.8. The minimum atomic E-state index is 0.0857. The highest BCUT2D eigenvalue weighted by Crippen LogP contribution is 2.27. The molecule has 2 N–H and O–H groups in total. The second-order valence-corrected chi connectivity index (χ2v) is 5.52. The second kappa shape index (κ2) is 5.67. The van der Waals surface area contributed by atoms with E-state index in [4.69, 9.17) is 0 Å². The molecule has 1 aliphatic carbocycles. The van der Waals surface area contributed by atoms with Crippen LogP contribution in [0.5, 0.6) is 0 Å². The van der Waals surface area contributed by atoms with Gasteiger partial charge in [-0.15, -0.1) is 0 Å². The van der Waals surface area contributed by atoms with Gasteiger partial charge in [0, 0.05) is 6.54 Å². The molecule has 1 heterocycles. The second-order valence-electron chi connectivity index (χ2n) is 5.52. The van der Waals surface area contributed by atoms with Gasteiger partial charge in [0.05, 0.1) is 6.04 Å². The molecule has 1 amide bonds. The average Bonchev–Trinajstić information content (AvgIpc) is 2.81. The van der Waals surface area contributed by atoms with E-state index >= 15 is 0 Å². The van der Waals surface area contributed by atoms with E-state index < -0.39 is 0 Å². The Hall–Kier alpha value is -0.570. The van der Waals surface area contributed by atoms with Crippen LogP contribution in [0.15, 0.2) is 0 Å². The summed E-state index contributed by atoms with van der Waals surface area (Å²) >= 11 is 0. The van der Waals surface area contributed by atoms with Gasteiger partial charge >= 0.3 is 0 Å². The van der Waals surface area contributed by atoms with E-state index in [1.54, 1.807) is 0 Å². The molecule has 0 aromatic carbocycles. The molecule has 92 valence electrons. The molecule has 16 heavy (non-hydrogen) atoms. The molecule has 1 saturated carbocycles. The summed E-state index contributed by atoms with van der Waals surface area (Å²) in [5.41, 5.74) is 0. The van der Waals surface area contributed by atoms with Gasteiger partial charge in [-0.25, -0.2) is 0 Å². The number of carbonyl (C=O) groups is 1. The van der Waals surface area contributed by atoms with Crippen molar-refractivity contribution >= 4 is 5.91 Å². The van der Waals surface area contributed by atoms with Crippen LogP contribution in [0.3, 0.4) is 0 Å². The van der Waals surface area contributed by atoms with Gasteiger partial charge in [-0.3, -0.25) is 4.79 Å². The van der Waals surface area contributed by atoms with Crippen molar-refractivity contribution in [3.05, 3.63) is 0 Å². The molecule has 2 rings (SSSR count). The lowest BCUT2D eigenvalue weighted by molar-refractivity contribution is -0.123. The summed E-state index contributed by atoms with van der Waals surface area (Å²) in [4.78, 5) is 11.8. The third-order valence-corrected chi connectivity index (χ3v) is 4.08. The van der Waals surface area contributed by atoms with Gasteiger partial charge in [0.15, 0.2) is 0 Å². The zero-order valence-electron chi connectivity index (χ0n) is 10.3. The van der Waals surface area contributed by atoms with Crippen molar-refractivity contribution in [2.24, 2.45) is 11.8 Å². The lowest BCUT2D eigenvalue weighted by Gasteiger charge is -2.26. The first-order chi connectivity index (χ1) is 7.75. The lowest BCUT2D eigenvalue weighted by Crippen LogP contribution is -2.42. The smallest absolute Gasteiger partial charge is 0.237 e. The normalized spacial score (nSPS) is 34.9. The standard InChI is InChI=1S/C13H24N2O/c1-10-4-6-11(7-5-10)9-15-13(16)12-3-2-8-14-12/h10-12,14H,2-9H2,1H3,(H,15,16)/t10?,11?,12-/m0/s1. The van der Waals surface area contributed by atoms with Crippen molar-refractivity contribution < 1.29 is 4.79 Å². The zero-order valence-corrected chi connectivity index (χ0v) is 10.3. The molecule has 1 aliphatic heterocycles. The van der Waals surface area contributed by atoms with E-state index in [0.717, 1.165) is 37.8 Å². The van der Waals surface area contributed by atoms with Gasteiger partial charge in [-0.05, 0) is 44.1 Å². The molecule has 0 spiro atoms. The first kappa shape index (κ1) is 11.9. The van der Waals surface area contributed by atoms with Crippen molar-refractivity contribution in [1.82, 2.24) is 10.6 Å². The fraction of sp³-hybridized carbons (Fsp3) is 0.923. The topological polar surface area (TPSA) is 41.1 Å². The van der Waals surface area contributed by atoms with E-state index in [0.29, 0.717) is 0 Å². The van der Waals surface area contributed by atoms with Gasteiger partial charge in [-0.1, -0.05) is 19.8 Å². The van der Waals surface area contributed by atoms with Crippen LogP contribution in [0.2, 0.25) is 0 Å². The van der Waals surface area contributed by atoms with Crippen molar-refractivity contribution in [2.45, 2.75) is 51.5 Å². The number of carbonyl (C=O) groups excluding carboxylic acids is 1. The molecule has 3 heteroatoms. The summed E-state index contributed by atoms with van der Waals surface area (Å²) in [7, 11) is 0. The third kappa shape index (κ3) is 3.21. The molecule has 0 radical (unpaired) electrons. The summed E-state index contributed by atoms with van der Waals surface area (Å²) in [6.07, 6.45) is 7.40. The van der Waals surface area contributed by atoms with Crippen molar-refractivity contribution in [2.75, 3.05) is 13.1 Å². The molecule has 1 saturated heterocycles. The van der Waals surface area contributed by atoms with Crippen molar-refractivity contribution in [3.8, 4) is 0 Å². The number of rotatable bonds is 3. The minimum Gasteiger partial charge on any atom is -0.354 e. The number of amides is 1. The lowest BCUT2D eigenvalue weighted by atomic mass is 9.83. The van der Waals surface area contributed by atoms with Crippen molar-refractivity contribution in [3.63, 3.8) is 0 Å². The largest absolute Gasteiger partial charge is 0.354 e. The maximum Gasteiger partial charge on any atom is 0.237 e. The fourth-order valence-electron chi connectivity index (χ4n) is 2.81. The fourth-order valence-corrected chi connectivity index (χ4v) is 2.81. The Bertz CT molecular complexity index is 228. The Kier molecular flexibility index (Phi) is 4.22. The molecule has 2 fully saturated rings. The number of hydrogen-bond acceptors (Lipinski definition) is 2. The minimum absolute atomic E-state index is 0.0857. The van der Waals surface area contributed by atoms with Gasteiger partial charge in [-0.2, -0.15) is 0 Å². The third-order valence-electron chi connectivity index (χ3n) is 4.08. The molecular formula is C13H24N2O. The van der Waals surface area contributed by atoms with Crippen LogP contribution >= 0.6 is 0 Å². The summed E-state index contributed by atoms with van der Waals surface area (Å²) in [6.45, 7) is 4.22. The molecule has 0 bridgehead atoms. The summed E-state index contributed by atoms with van der Waals surface area (Å²) in [6, 6.07) is 0.0857. The first-order valence-electron chi connectivity index (χ1n) is 6.77. The Balaban J connectivity index is 1.65. The highest BCUT2D eigenvalue weighted by atomic mass is 16.2. The molecule has 3 nitrogen and oxygen atoms in total. The molecule has 0 aromatic rings. The van der Waals surface area contributed by atoms with E-state index in [2.05, 4.69) is 17.6 Å². The molecular weight excluding hydrogens is 200 g/mol. The molecule has 1 atom stereocenters. The van der Waals surface area contributed by atoms with E-state index in [9.17, 15) is 4.79 Å². The van der Waals surface area contributed by atoms with Crippen LogP contribution in [0.4, 0.5) is 0 Å². The Morgan fingerprint density at radius 2 is 2.00 bits per heavy atom. The Labute approximate surface area is 98.4 Å². The van der Waals surface area contributed by atoms with E-state index in [-0.39, 0.29) is 11.9 Å². The number of nitrogens with one attached hydrogen (secondary N) is 2. The van der Waals surface area contributed by atoms with Crippen LogP contribution in [-0.4, -0.2) is 25.0 Å². The summed E-state index contributed by atoms with van der Waals surface area (Å²) < 4.78 is 0. The van der Waals surface area contributed by atoms with Crippen LogP contribution in [-0.2, 0) is 4.79 Å². The monoisotopic (exact) mass is 224 g/mol. The Morgan fingerprint density at radius 1 is 1.25 bits per heavy atom. The van der Waals surface area contributed by atoms with Gasteiger partial charge in [0.2, 0.25) is 5.91 Å². The van der Waals surface area contributed by atoms with Crippen LogP contribution in [0, 0.1) is 11.8 Å². The SMILES string of the molecule is CC1CCC(CNC(=O)[C@@H]2CCCN2)CC1. The molecule has 0 unspecified atom stereocenters. The Morgan fingerprint density at radius 3 is 2.62 bits per heavy atom. The number of hydrogen-bond donors (Lipinski definition) is 2. The van der Waals surface area contributed by atoms with Crippen LogP contribution in [0.25, 0.3) is 0 Å². The van der Waals surface area contributed by atoms with Crippen molar-refractivity contribution in [1.29, 1.82) is 0 Å². The summed E-state index contributed by atoms with van der Waals surface area (Å²) in [5, 5.41) is 6.35. The van der Waals surface area contributed by atoms with Gasteiger partial charge in [0.25, 0.3) is 0 Å². The predicted octanol–water partition coefficient (Wildman–Crippen LogP) is 1.68. The van der Waals surface area contributed by atoms with Gasteiger partial charge in [0.1, 0.15) is 0 Å².